The summed E-state index contributed by atoms with van der Waals surface area (Å²) in [6.45, 7) is 3.96. The van der Waals surface area contributed by atoms with Crippen LogP contribution in [0.1, 0.15) is 28.4 Å². The molecule has 0 saturated carbocycles. The number of hydrogen-bond donors (Lipinski definition) is 1. The zero-order valence-electron chi connectivity index (χ0n) is 13.7. The van der Waals surface area contributed by atoms with Gasteiger partial charge in [-0.3, -0.25) is 9.59 Å². The first-order valence-corrected chi connectivity index (χ1v) is 8.53. The molecule has 2 amide bonds. The predicted octanol–water partition coefficient (Wildman–Crippen LogP) is 2.88. The average Bonchev–Trinajstić information content (AvgIpc) is 3.04. The number of thiophene rings is 1. The summed E-state index contributed by atoms with van der Waals surface area (Å²) in [4.78, 5) is 26.0. The van der Waals surface area contributed by atoms with E-state index in [1.165, 1.54) is 5.56 Å². The monoisotopic (exact) mass is 330 g/mol. The van der Waals surface area contributed by atoms with Crippen LogP contribution in [0, 0.1) is 6.92 Å². The molecule has 23 heavy (non-hydrogen) atoms. The van der Waals surface area contributed by atoms with Gasteiger partial charge < -0.3 is 10.2 Å². The van der Waals surface area contributed by atoms with Crippen molar-refractivity contribution in [1.82, 2.24) is 10.2 Å². The van der Waals surface area contributed by atoms with E-state index in [1.807, 2.05) is 37.4 Å². The lowest BCUT2D eigenvalue weighted by molar-refractivity contribution is -0.130. The highest BCUT2D eigenvalue weighted by molar-refractivity contribution is 7.07. The standard InChI is InChI=1S/C18H22N2O2S/c1-13-5-4-6-16(9-13)18(22)19-11-17(21)20(3)14(2)10-15-7-8-23-12-15/h4-9,12,14H,10-11H2,1-3H3,(H,19,22). The van der Waals surface area contributed by atoms with E-state index in [9.17, 15) is 9.59 Å². The maximum Gasteiger partial charge on any atom is 0.251 e. The van der Waals surface area contributed by atoms with Crippen molar-refractivity contribution >= 4 is 23.2 Å². The molecule has 5 heteroatoms. The highest BCUT2D eigenvalue weighted by Crippen LogP contribution is 2.11. The van der Waals surface area contributed by atoms with Gasteiger partial charge >= 0.3 is 0 Å². The SMILES string of the molecule is Cc1cccc(C(=O)NCC(=O)N(C)C(C)Cc2ccsc2)c1. The summed E-state index contributed by atoms with van der Waals surface area (Å²) in [5.41, 5.74) is 2.82. The molecule has 1 aromatic heterocycles. The summed E-state index contributed by atoms with van der Waals surface area (Å²) in [5.74, 6) is -0.310. The summed E-state index contributed by atoms with van der Waals surface area (Å²) >= 11 is 1.65. The van der Waals surface area contributed by atoms with Gasteiger partial charge in [-0.2, -0.15) is 11.3 Å². The van der Waals surface area contributed by atoms with E-state index in [1.54, 1.807) is 29.4 Å². The molecule has 1 N–H and O–H groups in total. The molecule has 0 spiro atoms. The van der Waals surface area contributed by atoms with Crippen LogP contribution in [-0.2, 0) is 11.2 Å². The molecule has 0 fully saturated rings. The molecular weight excluding hydrogens is 308 g/mol. The van der Waals surface area contributed by atoms with Gasteiger partial charge in [0.05, 0.1) is 6.54 Å². The van der Waals surface area contributed by atoms with Crippen LogP contribution in [0.4, 0.5) is 0 Å². The summed E-state index contributed by atoms with van der Waals surface area (Å²) in [6.07, 6.45) is 0.817. The van der Waals surface area contributed by atoms with Gasteiger partial charge in [-0.15, -0.1) is 0 Å². The molecule has 2 rings (SSSR count). The Morgan fingerprint density at radius 1 is 1.30 bits per heavy atom. The molecule has 1 unspecified atom stereocenters. The summed E-state index contributed by atoms with van der Waals surface area (Å²) in [5, 5.41) is 6.82. The Morgan fingerprint density at radius 3 is 2.74 bits per heavy atom. The predicted molar refractivity (Wildman–Crippen MR) is 93.8 cm³/mol. The molecule has 1 aromatic carbocycles. The van der Waals surface area contributed by atoms with Crippen molar-refractivity contribution in [3.63, 3.8) is 0 Å². The minimum absolute atomic E-state index is 0.0112. The van der Waals surface area contributed by atoms with Crippen molar-refractivity contribution in [1.29, 1.82) is 0 Å². The molecule has 1 atom stereocenters. The maximum atomic E-state index is 12.2. The number of benzene rings is 1. The quantitative estimate of drug-likeness (QED) is 0.885. The highest BCUT2D eigenvalue weighted by Gasteiger charge is 2.17. The third kappa shape index (κ3) is 4.93. The maximum absolute atomic E-state index is 12.2. The first-order chi connectivity index (χ1) is 11.0. The second-order valence-electron chi connectivity index (χ2n) is 5.74. The molecule has 0 radical (unpaired) electrons. The van der Waals surface area contributed by atoms with Crippen molar-refractivity contribution in [3.8, 4) is 0 Å². The fourth-order valence-corrected chi connectivity index (χ4v) is 2.98. The number of carbonyl (C=O) groups excluding carboxylic acids is 2. The molecule has 4 nitrogen and oxygen atoms in total. The van der Waals surface area contributed by atoms with Gasteiger partial charge in [-0.1, -0.05) is 17.7 Å². The number of rotatable bonds is 6. The Morgan fingerprint density at radius 2 is 2.09 bits per heavy atom. The molecular formula is C18H22N2O2S. The van der Waals surface area contributed by atoms with E-state index >= 15 is 0 Å². The molecule has 1 heterocycles. The molecule has 2 aromatic rings. The smallest absolute Gasteiger partial charge is 0.251 e. The molecule has 0 aliphatic carbocycles. The molecule has 0 aliphatic heterocycles. The highest BCUT2D eigenvalue weighted by atomic mass is 32.1. The molecule has 0 aliphatic rings. The summed E-state index contributed by atoms with van der Waals surface area (Å²) in [7, 11) is 1.78. The number of aryl methyl sites for hydroxylation is 1. The Hall–Kier alpha value is -2.14. The van der Waals surface area contributed by atoms with Crippen LogP contribution in [0.2, 0.25) is 0 Å². The fraction of sp³-hybridized carbons (Fsp3) is 0.333. The first kappa shape index (κ1) is 17.2. The molecule has 0 bridgehead atoms. The van der Waals surface area contributed by atoms with Crippen LogP contribution in [0.15, 0.2) is 41.1 Å². The minimum Gasteiger partial charge on any atom is -0.343 e. The number of nitrogens with one attached hydrogen (secondary N) is 1. The Labute approximate surface area is 141 Å². The van der Waals surface area contributed by atoms with Crippen LogP contribution in [-0.4, -0.2) is 36.3 Å². The number of likely N-dealkylation sites (N-methyl/N-ethyl adjacent to an activating group) is 1. The lowest BCUT2D eigenvalue weighted by atomic mass is 10.1. The molecule has 122 valence electrons. The fourth-order valence-electron chi connectivity index (χ4n) is 2.30. The molecule has 0 saturated heterocycles. The average molecular weight is 330 g/mol. The van der Waals surface area contributed by atoms with Crippen molar-refractivity contribution in [3.05, 3.63) is 57.8 Å². The van der Waals surface area contributed by atoms with Crippen LogP contribution in [0.5, 0.6) is 0 Å². The van der Waals surface area contributed by atoms with Crippen molar-refractivity contribution in [2.75, 3.05) is 13.6 Å². The van der Waals surface area contributed by atoms with Crippen molar-refractivity contribution in [2.24, 2.45) is 0 Å². The Bertz CT molecular complexity index is 667. The lowest BCUT2D eigenvalue weighted by Crippen LogP contribution is -2.43. The van der Waals surface area contributed by atoms with E-state index < -0.39 is 0 Å². The zero-order valence-corrected chi connectivity index (χ0v) is 14.5. The summed E-state index contributed by atoms with van der Waals surface area (Å²) in [6, 6.07) is 9.48. The van der Waals surface area contributed by atoms with E-state index in [0.29, 0.717) is 5.56 Å². The summed E-state index contributed by atoms with van der Waals surface area (Å²) < 4.78 is 0. The second-order valence-corrected chi connectivity index (χ2v) is 6.52. The third-order valence-electron chi connectivity index (χ3n) is 3.85. The lowest BCUT2D eigenvalue weighted by Gasteiger charge is -2.25. The van der Waals surface area contributed by atoms with Gasteiger partial charge in [-0.05, 0) is 54.8 Å². The number of nitrogens with zero attached hydrogens (tertiary/aromatic N) is 1. The van der Waals surface area contributed by atoms with E-state index in [0.717, 1.165) is 12.0 Å². The van der Waals surface area contributed by atoms with Gasteiger partial charge in [0.1, 0.15) is 0 Å². The van der Waals surface area contributed by atoms with Crippen LogP contribution >= 0.6 is 11.3 Å². The van der Waals surface area contributed by atoms with Crippen LogP contribution < -0.4 is 5.32 Å². The van der Waals surface area contributed by atoms with E-state index in [4.69, 9.17) is 0 Å². The van der Waals surface area contributed by atoms with Crippen LogP contribution in [0.3, 0.4) is 0 Å². The largest absolute Gasteiger partial charge is 0.343 e. The minimum atomic E-state index is -0.221. The van der Waals surface area contributed by atoms with Gasteiger partial charge in [0, 0.05) is 18.7 Å². The third-order valence-corrected chi connectivity index (χ3v) is 4.58. The van der Waals surface area contributed by atoms with Crippen molar-refractivity contribution in [2.45, 2.75) is 26.3 Å². The van der Waals surface area contributed by atoms with Gasteiger partial charge in [-0.25, -0.2) is 0 Å². The topological polar surface area (TPSA) is 49.4 Å². The van der Waals surface area contributed by atoms with Crippen molar-refractivity contribution < 1.29 is 9.59 Å². The van der Waals surface area contributed by atoms with Crippen LogP contribution in [0.25, 0.3) is 0 Å². The normalized spacial score (nSPS) is 11.8. The number of carbonyl (C=O) groups is 2. The number of hydrogen-bond acceptors (Lipinski definition) is 3. The number of amides is 2. The zero-order chi connectivity index (χ0) is 16.8. The van der Waals surface area contributed by atoms with Gasteiger partial charge in [0.15, 0.2) is 0 Å². The van der Waals surface area contributed by atoms with E-state index in [-0.39, 0.29) is 24.4 Å². The van der Waals surface area contributed by atoms with E-state index in [2.05, 4.69) is 16.8 Å². The second kappa shape index (κ2) is 7.92. The van der Waals surface area contributed by atoms with Gasteiger partial charge in [0.2, 0.25) is 5.91 Å². The first-order valence-electron chi connectivity index (χ1n) is 7.59. The van der Waals surface area contributed by atoms with Gasteiger partial charge in [0.25, 0.3) is 5.91 Å². The Kier molecular flexibility index (Phi) is 5.93. The Balaban J connectivity index is 1.84.